The molecule has 2 saturated heterocycles. The Morgan fingerprint density at radius 1 is 1.37 bits per heavy atom. The second kappa shape index (κ2) is 6.04. The van der Waals surface area contributed by atoms with Gasteiger partial charge >= 0.3 is 0 Å². The molecule has 4 heteroatoms. The van der Waals surface area contributed by atoms with E-state index in [1.165, 1.54) is 62.5 Å². The molecule has 3 fully saturated rings. The van der Waals surface area contributed by atoms with Crippen molar-refractivity contribution in [1.82, 2.24) is 10.2 Å². The molecule has 0 amide bonds. The summed E-state index contributed by atoms with van der Waals surface area (Å²) in [7, 11) is 0. The van der Waals surface area contributed by atoms with Gasteiger partial charge in [-0.05, 0) is 44.7 Å². The predicted octanol–water partition coefficient (Wildman–Crippen LogP) is 2.72. The summed E-state index contributed by atoms with van der Waals surface area (Å²) in [6.45, 7) is 7.09. The molecule has 3 nitrogen and oxygen atoms in total. The van der Waals surface area contributed by atoms with Gasteiger partial charge in [0.1, 0.15) is 0 Å². The molecule has 1 spiro atoms. The van der Waals surface area contributed by atoms with E-state index in [1.54, 1.807) is 0 Å². The molecule has 19 heavy (non-hydrogen) atoms. The molecule has 2 heterocycles. The molecular formula is C15H27N3S. The highest BCUT2D eigenvalue weighted by Gasteiger charge is 2.40. The first kappa shape index (κ1) is 13.7. The second-order valence-electron chi connectivity index (χ2n) is 6.63. The molecule has 1 N–H and O–H groups in total. The minimum Gasteiger partial charge on any atom is -0.359 e. The number of likely N-dealkylation sites (tertiary alicyclic amines) is 1. The predicted molar refractivity (Wildman–Crippen MR) is 83.9 cm³/mol. The first-order valence-electron chi connectivity index (χ1n) is 7.94. The first-order valence-corrected chi connectivity index (χ1v) is 8.92. The summed E-state index contributed by atoms with van der Waals surface area (Å²) >= 11 is 1.95. The largest absolute Gasteiger partial charge is 0.359 e. The molecule has 108 valence electrons. The Labute approximate surface area is 121 Å². The van der Waals surface area contributed by atoms with Gasteiger partial charge in [-0.1, -0.05) is 31.5 Å². The minimum absolute atomic E-state index is 0.384. The standard InChI is InChI=1S/C15H27N3S/c1-13-5-4-6-15(11-13)12-19-14(17-15)16-7-10-18-8-2-3-9-18/h13H,2-12H2,1H3,(H,16,17). The number of nitrogens with one attached hydrogen (secondary N) is 1. The SMILES string of the molecule is CC1CCCC2(CSC(=NCCN3CCCC3)N2)C1. The van der Waals surface area contributed by atoms with Gasteiger partial charge in [-0.15, -0.1) is 0 Å². The van der Waals surface area contributed by atoms with Gasteiger partial charge in [0, 0.05) is 17.8 Å². The molecule has 0 radical (unpaired) electrons. The van der Waals surface area contributed by atoms with Gasteiger partial charge in [0.05, 0.1) is 6.54 Å². The summed E-state index contributed by atoms with van der Waals surface area (Å²) in [5.41, 5.74) is 0.384. The minimum atomic E-state index is 0.384. The molecule has 2 unspecified atom stereocenters. The van der Waals surface area contributed by atoms with Gasteiger partial charge in [0.15, 0.2) is 5.17 Å². The van der Waals surface area contributed by atoms with E-state index in [0.717, 1.165) is 19.0 Å². The number of aliphatic imine (C=N–C) groups is 1. The fourth-order valence-corrected chi connectivity index (χ4v) is 5.01. The van der Waals surface area contributed by atoms with Crippen molar-refractivity contribution in [3.63, 3.8) is 0 Å². The molecule has 2 atom stereocenters. The Balaban J connectivity index is 1.47. The lowest BCUT2D eigenvalue weighted by molar-refractivity contribution is 0.242. The van der Waals surface area contributed by atoms with E-state index in [2.05, 4.69) is 17.1 Å². The highest BCUT2D eigenvalue weighted by atomic mass is 32.2. The van der Waals surface area contributed by atoms with E-state index in [9.17, 15) is 0 Å². The summed E-state index contributed by atoms with van der Waals surface area (Å²) < 4.78 is 0. The highest BCUT2D eigenvalue weighted by molar-refractivity contribution is 8.14. The van der Waals surface area contributed by atoms with Crippen LogP contribution in [-0.2, 0) is 0 Å². The van der Waals surface area contributed by atoms with E-state index < -0.39 is 0 Å². The van der Waals surface area contributed by atoms with Crippen LogP contribution in [0.4, 0.5) is 0 Å². The van der Waals surface area contributed by atoms with Crippen LogP contribution in [0, 0.1) is 5.92 Å². The number of hydrogen-bond donors (Lipinski definition) is 1. The average molecular weight is 281 g/mol. The third kappa shape index (κ3) is 3.46. The molecule has 3 rings (SSSR count). The lowest BCUT2D eigenvalue weighted by Crippen LogP contribution is -2.47. The van der Waals surface area contributed by atoms with Crippen molar-refractivity contribution in [3.8, 4) is 0 Å². The Morgan fingerprint density at radius 3 is 3.00 bits per heavy atom. The van der Waals surface area contributed by atoms with Gasteiger partial charge in [-0.2, -0.15) is 0 Å². The zero-order chi connectivity index (χ0) is 13.1. The lowest BCUT2D eigenvalue weighted by atomic mass is 9.78. The average Bonchev–Trinajstić information content (AvgIpc) is 3.00. The number of nitrogens with zero attached hydrogens (tertiary/aromatic N) is 2. The Morgan fingerprint density at radius 2 is 2.21 bits per heavy atom. The Hall–Kier alpha value is -0.220. The third-order valence-corrected chi connectivity index (χ3v) is 6.02. The molecule has 0 bridgehead atoms. The summed E-state index contributed by atoms with van der Waals surface area (Å²) in [6, 6.07) is 0. The molecular weight excluding hydrogens is 254 g/mol. The zero-order valence-corrected chi connectivity index (χ0v) is 13.0. The molecule has 1 aliphatic carbocycles. The van der Waals surface area contributed by atoms with Crippen molar-refractivity contribution in [2.75, 3.05) is 31.9 Å². The van der Waals surface area contributed by atoms with Gasteiger partial charge in [0.2, 0.25) is 0 Å². The van der Waals surface area contributed by atoms with Gasteiger partial charge in [0.25, 0.3) is 0 Å². The Kier molecular flexibility index (Phi) is 4.37. The summed E-state index contributed by atoms with van der Waals surface area (Å²) in [5.74, 6) is 2.12. The van der Waals surface area contributed by atoms with E-state index in [-0.39, 0.29) is 0 Å². The third-order valence-electron chi connectivity index (χ3n) is 4.82. The first-order chi connectivity index (χ1) is 9.26. The lowest BCUT2D eigenvalue weighted by Gasteiger charge is -2.36. The van der Waals surface area contributed by atoms with Crippen LogP contribution in [0.15, 0.2) is 4.99 Å². The Bertz CT molecular complexity index is 338. The molecule has 0 aromatic rings. The summed E-state index contributed by atoms with van der Waals surface area (Å²) in [4.78, 5) is 7.33. The van der Waals surface area contributed by atoms with Crippen molar-refractivity contribution in [2.24, 2.45) is 10.9 Å². The van der Waals surface area contributed by atoms with Gasteiger partial charge in [-0.25, -0.2) is 0 Å². The quantitative estimate of drug-likeness (QED) is 0.862. The normalized spacial score (nSPS) is 38.2. The number of amidine groups is 1. The van der Waals surface area contributed by atoms with Gasteiger partial charge in [-0.3, -0.25) is 4.99 Å². The zero-order valence-electron chi connectivity index (χ0n) is 12.2. The van der Waals surface area contributed by atoms with Crippen molar-refractivity contribution >= 4 is 16.9 Å². The van der Waals surface area contributed by atoms with Crippen LogP contribution in [0.2, 0.25) is 0 Å². The fourth-order valence-electron chi connectivity index (χ4n) is 3.79. The van der Waals surface area contributed by atoms with Crippen molar-refractivity contribution in [3.05, 3.63) is 0 Å². The smallest absolute Gasteiger partial charge is 0.157 e. The van der Waals surface area contributed by atoms with Crippen molar-refractivity contribution < 1.29 is 0 Å². The topological polar surface area (TPSA) is 27.6 Å². The monoisotopic (exact) mass is 281 g/mol. The van der Waals surface area contributed by atoms with Crippen LogP contribution in [0.25, 0.3) is 0 Å². The van der Waals surface area contributed by atoms with Gasteiger partial charge < -0.3 is 10.2 Å². The van der Waals surface area contributed by atoms with E-state index in [1.807, 2.05) is 11.8 Å². The van der Waals surface area contributed by atoms with Crippen LogP contribution in [0.3, 0.4) is 0 Å². The van der Waals surface area contributed by atoms with E-state index in [0.29, 0.717) is 5.54 Å². The molecule has 3 aliphatic rings. The van der Waals surface area contributed by atoms with E-state index in [4.69, 9.17) is 4.99 Å². The number of hydrogen-bond acceptors (Lipinski definition) is 3. The van der Waals surface area contributed by atoms with Crippen molar-refractivity contribution in [2.45, 2.75) is 51.0 Å². The number of rotatable bonds is 3. The highest BCUT2D eigenvalue weighted by Crippen LogP contribution is 2.38. The van der Waals surface area contributed by atoms with Crippen LogP contribution in [0.5, 0.6) is 0 Å². The van der Waals surface area contributed by atoms with Crippen LogP contribution < -0.4 is 5.32 Å². The number of thioether (sulfide) groups is 1. The van der Waals surface area contributed by atoms with Crippen molar-refractivity contribution in [1.29, 1.82) is 0 Å². The molecule has 0 aromatic carbocycles. The second-order valence-corrected chi connectivity index (χ2v) is 7.60. The maximum Gasteiger partial charge on any atom is 0.157 e. The maximum absolute atomic E-state index is 4.79. The fraction of sp³-hybridized carbons (Fsp3) is 0.933. The van der Waals surface area contributed by atoms with Crippen LogP contribution >= 0.6 is 11.8 Å². The van der Waals surface area contributed by atoms with Crippen LogP contribution in [0.1, 0.15) is 45.4 Å². The van der Waals surface area contributed by atoms with Crippen LogP contribution in [-0.4, -0.2) is 47.5 Å². The summed E-state index contributed by atoms with van der Waals surface area (Å²) in [5, 5.41) is 4.97. The maximum atomic E-state index is 4.79. The molecule has 0 aromatic heterocycles. The molecule has 1 saturated carbocycles. The summed E-state index contributed by atoms with van der Waals surface area (Å²) in [6.07, 6.45) is 8.24. The van der Waals surface area contributed by atoms with E-state index >= 15 is 0 Å². The molecule has 2 aliphatic heterocycles.